The van der Waals surface area contributed by atoms with E-state index in [-0.39, 0.29) is 5.75 Å². The van der Waals surface area contributed by atoms with Crippen molar-refractivity contribution in [2.24, 2.45) is 5.92 Å². The van der Waals surface area contributed by atoms with E-state index in [1.54, 1.807) is 6.92 Å². The monoisotopic (exact) mass is 212 g/mol. The van der Waals surface area contributed by atoms with Crippen molar-refractivity contribution in [3.05, 3.63) is 29.6 Å². The fourth-order valence-corrected chi connectivity index (χ4v) is 1.37. The van der Waals surface area contributed by atoms with Crippen molar-refractivity contribution in [2.75, 3.05) is 0 Å². The van der Waals surface area contributed by atoms with E-state index < -0.39 is 23.6 Å². The lowest BCUT2D eigenvalue weighted by atomic mass is 9.88. The molecule has 82 valence electrons. The van der Waals surface area contributed by atoms with Gasteiger partial charge in [0.1, 0.15) is 11.6 Å². The second-order valence-electron chi connectivity index (χ2n) is 3.62. The fourth-order valence-electron chi connectivity index (χ4n) is 1.37. The molecule has 0 unspecified atom stereocenters. The minimum absolute atomic E-state index is 0.161. The summed E-state index contributed by atoms with van der Waals surface area (Å²) in [4.78, 5) is 10.7. The average molecular weight is 212 g/mol. The highest BCUT2D eigenvalue weighted by Gasteiger charge is 2.23. The Morgan fingerprint density at radius 3 is 2.47 bits per heavy atom. The van der Waals surface area contributed by atoms with Crippen LogP contribution in [0.5, 0.6) is 5.75 Å². The van der Waals surface area contributed by atoms with E-state index in [0.29, 0.717) is 5.56 Å². The molecule has 2 N–H and O–H groups in total. The normalized spacial score (nSPS) is 14.6. The first-order valence-corrected chi connectivity index (χ1v) is 4.64. The van der Waals surface area contributed by atoms with Crippen molar-refractivity contribution in [1.29, 1.82) is 0 Å². The standard InChI is InChI=1S/C11H13FO3/c1-6(7(2)11(14)15)9-4-3-8(13)5-10(9)12/h3-7,13H,1-2H3,(H,14,15)/t6-,7-/m0/s1. The fraction of sp³-hybridized carbons (Fsp3) is 0.364. The van der Waals surface area contributed by atoms with Gasteiger partial charge in [0.25, 0.3) is 0 Å². The number of rotatable bonds is 3. The number of phenols is 1. The molecule has 2 atom stereocenters. The summed E-state index contributed by atoms with van der Waals surface area (Å²) in [6.45, 7) is 3.17. The van der Waals surface area contributed by atoms with Crippen LogP contribution in [0, 0.1) is 11.7 Å². The van der Waals surface area contributed by atoms with Gasteiger partial charge in [0, 0.05) is 6.07 Å². The van der Waals surface area contributed by atoms with E-state index in [4.69, 9.17) is 10.2 Å². The molecule has 0 aliphatic rings. The van der Waals surface area contributed by atoms with Gasteiger partial charge in [-0.05, 0) is 17.5 Å². The first kappa shape index (κ1) is 11.5. The van der Waals surface area contributed by atoms with Gasteiger partial charge in [0.05, 0.1) is 5.92 Å². The van der Waals surface area contributed by atoms with Crippen LogP contribution in [0.2, 0.25) is 0 Å². The zero-order valence-electron chi connectivity index (χ0n) is 8.57. The number of carbonyl (C=O) groups is 1. The largest absolute Gasteiger partial charge is 0.508 e. The number of carboxylic acids is 1. The highest BCUT2D eigenvalue weighted by molar-refractivity contribution is 5.70. The Morgan fingerprint density at radius 2 is 2.00 bits per heavy atom. The summed E-state index contributed by atoms with van der Waals surface area (Å²) >= 11 is 0. The van der Waals surface area contributed by atoms with Gasteiger partial charge < -0.3 is 10.2 Å². The van der Waals surface area contributed by atoms with Crippen LogP contribution in [-0.4, -0.2) is 16.2 Å². The minimum atomic E-state index is -0.963. The Labute approximate surface area is 87.2 Å². The van der Waals surface area contributed by atoms with Gasteiger partial charge in [-0.15, -0.1) is 0 Å². The molecule has 0 radical (unpaired) electrons. The number of halogens is 1. The first-order chi connectivity index (χ1) is 6.93. The van der Waals surface area contributed by atoms with Gasteiger partial charge >= 0.3 is 5.97 Å². The number of hydrogen-bond acceptors (Lipinski definition) is 2. The maximum Gasteiger partial charge on any atom is 0.306 e. The average Bonchev–Trinajstić information content (AvgIpc) is 2.15. The summed E-state index contributed by atoms with van der Waals surface area (Å²) < 4.78 is 13.4. The summed E-state index contributed by atoms with van der Waals surface area (Å²) in [5.41, 5.74) is 0.308. The summed E-state index contributed by atoms with van der Waals surface area (Å²) in [5.74, 6) is -2.79. The molecular formula is C11H13FO3. The van der Waals surface area contributed by atoms with Crippen molar-refractivity contribution < 1.29 is 19.4 Å². The quantitative estimate of drug-likeness (QED) is 0.808. The number of hydrogen-bond donors (Lipinski definition) is 2. The molecule has 0 amide bonds. The number of benzene rings is 1. The molecule has 3 nitrogen and oxygen atoms in total. The molecule has 0 aliphatic heterocycles. The molecule has 0 saturated heterocycles. The molecule has 0 bridgehead atoms. The van der Waals surface area contributed by atoms with Crippen LogP contribution >= 0.6 is 0 Å². The molecule has 0 heterocycles. The highest BCUT2D eigenvalue weighted by atomic mass is 19.1. The van der Waals surface area contributed by atoms with Gasteiger partial charge in [0.15, 0.2) is 0 Å². The third-order valence-electron chi connectivity index (χ3n) is 2.61. The van der Waals surface area contributed by atoms with Crippen LogP contribution in [0.3, 0.4) is 0 Å². The molecule has 0 fully saturated rings. The Balaban J connectivity index is 3.01. The van der Waals surface area contributed by atoms with Crippen molar-refractivity contribution in [2.45, 2.75) is 19.8 Å². The molecule has 1 aromatic carbocycles. The summed E-state index contributed by atoms with van der Waals surface area (Å²) in [5, 5.41) is 17.8. The lowest BCUT2D eigenvalue weighted by Crippen LogP contribution is -2.17. The van der Waals surface area contributed by atoms with E-state index in [1.165, 1.54) is 19.1 Å². The topological polar surface area (TPSA) is 57.5 Å². The predicted octanol–water partition coefficient (Wildman–Crippen LogP) is 2.36. The van der Waals surface area contributed by atoms with E-state index in [0.717, 1.165) is 6.07 Å². The van der Waals surface area contributed by atoms with Crippen molar-refractivity contribution in [3.63, 3.8) is 0 Å². The van der Waals surface area contributed by atoms with E-state index in [2.05, 4.69) is 0 Å². The summed E-state index contributed by atoms with van der Waals surface area (Å²) in [6.07, 6.45) is 0. The van der Waals surface area contributed by atoms with Crippen LogP contribution in [0.1, 0.15) is 25.3 Å². The molecule has 0 aromatic heterocycles. The molecule has 0 saturated carbocycles. The van der Waals surface area contributed by atoms with Crippen molar-refractivity contribution >= 4 is 5.97 Å². The maximum absolute atomic E-state index is 13.4. The van der Waals surface area contributed by atoms with Gasteiger partial charge in [-0.2, -0.15) is 0 Å². The SMILES string of the molecule is C[C@H](C(=O)O)[C@H](C)c1ccc(O)cc1F. The minimum Gasteiger partial charge on any atom is -0.508 e. The second-order valence-corrected chi connectivity index (χ2v) is 3.62. The highest BCUT2D eigenvalue weighted by Crippen LogP contribution is 2.28. The Kier molecular flexibility index (Phi) is 3.29. The lowest BCUT2D eigenvalue weighted by molar-refractivity contribution is -0.141. The van der Waals surface area contributed by atoms with Gasteiger partial charge in [-0.3, -0.25) is 4.79 Å². The number of carboxylic acid groups (broad SMARTS) is 1. The van der Waals surface area contributed by atoms with E-state index in [9.17, 15) is 9.18 Å². The third kappa shape index (κ3) is 2.46. The molecule has 0 spiro atoms. The number of phenolic OH excluding ortho intramolecular Hbond substituents is 1. The van der Waals surface area contributed by atoms with Gasteiger partial charge in [-0.1, -0.05) is 19.9 Å². The lowest BCUT2D eigenvalue weighted by Gasteiger charge is -2.16. The Morgan fingerprint density at radius 1 is 1.40 bits per heavy atom. The van der Waals surface area contributed by atoms with Crippen LogP contribution in [-0.2, 0) is 4.79 Å². The van der Waals surface area contributed by atoms with E-state index >= 15 is 0 Å². The van der Waals surface area contributed by atoms with Crippen molar-refractivity contribution in [1.82, 2.24) is 0 Å². The van der Waals surface area contributed by atoms with Crippen LogP contribution < -0.4 is 0 Å². The summed E-state index contributed by atoms with van der Waals surface area (Å²) in [7, 11) is 0. The maximum atomic E-state index is 13.4. The van der Waals surface area contributed by atoms with Crippen molar-refractivity contribution in [3.8, 4) is 5.75 Å². The molecule has 1 rings (SSSR count). The molecule has 15 heavy (non-hydrogen) atoms. The Hall–Kier alpha value is -1.58. The molecular weight excluding hydrogens is 199 g/mol. The van der Waals surface area contributed by atoms with Gasteiger partial charge in [-0.25, -0.2) is 4.39 Å². The molecule has 0 aliphatic carbocycles. The molecule has 4 heteroatoms. The molecule has 1 aromatic rings. The number of aromatic hydroxyl groups is 1. The second kappa shape index (κ2) is 4.29. The smallest absolute Gasteiger partial charge is 0.306 e. The van der Waals surface area contributed by atoms with Gasteiger partial charge in [0.2, 0.25) is 0 Å². The Bertz CT molecular complexity index is 376. The predicted molar refractivity (Wildman–Crippen MR) is 53.3 cm³/mol. The van der Waals surface area contributed by atoms with Crippen LogP contribution in [0.4, 0.5) is 4.39 Å². The van der Waals surface area contributed by atoms with Crippen LogP contribution in [0.25, 0.3) is 0 Å². The summed E-state index contributed by atoms with van der Waals surface area (Å²) in [6, 6.07) is 3.75. The zero-order valence-corrected chi connectivity index (χ0v) is 8.57. The van der Waals surface area contributed by atoms with E-state index in [1.807, 2.05) is 0 Å². The zero-order chi connectivity index (χ0) is 11.6. The first-order valence-electron chi connectivity index (χ1n) is 4.64. The third-order valence-corrected chi connectivity index (χ3v) is 2.61. The van der Waals surface area contributed by atoms with Crippen LogP contribution in [0.15, 0.2) is 18.2 Å². The number of aliphatic carboxylic acids is 1.